The van der Waals surface area contributed by atoms with Gasteiger partial charge in [0.1, 0.15) is 11.8 Å². The summed E-state index contributed by atoms with van der Waals surface area (Å²) in [7, 11) is 0. The molecule has 2 aromatic carbocycles. The molecule has 1 N–H and O–H groups in total. The summed E-state index contributed by atoms with van der Waals surface area (Å²) < 4.78 is 16.3. The molecule has 1 aromatic heterocycles. The molecule has 0 saturated heterocycles. The summed E-state index contributed by atoms with van der Waals surface area (Å²) >= 11 is 0. The van der Waals surface area contributed by atoms with Gasteiger partial charge in [-0.3, -0.25) is 14.5 Å². The quantitative estimate of drug-likeness (QED) is 0.318. The van der Waals surface area contributed by atoms with Gasteiger partial charge < -0.3 is 19.1 Å². The Morgan fingerprint density at radius 3 is 2.82 bits per heavy atom. The van der Waals surface area contributed by atoms with Crippen molar-refractivity contribution in [2.75, 3.05) is 19.7 Å². The zero-order valence-corrected chi connectivity index (χ0v) is 21.8. The van der Waals surface area contributed by atoms with Crippen molar-refractivity contribution in [3.8, 4) is 34.7 Å². The number of fused-ring (bicyclic) bond motifs is 1. The minimum atomic E-state index is -0.250. The fourth-order valence-electron chi connectivity index (χ4n) is 4.31. The third-order valence-corrected chi connectivity index (χ3v) is 5.88. The monoisotopic (exact) mass is 520 g/mol. The van der Waals surface area contributed by atoms with Gasteiger partial charge in [-0.25, -0.2) is 0 Å². The van der Waals surface area contributed by atoms with E-state index in [1.165, 1.54) is 11.1 Å². The van der Waals surface area contributed by atoms with Gasteiger partial charge in [-0.2, -0.15) is 10.2 Å². The highest BCUT2D eigenvalue weighted by Crippen LogP contribution is 2.31. The van der Waals surface area contributed by atoms with Gasteiger partial charge in [0.15, 0.2) is 0 Å². The number of aromatic nitrogens is 2. The van der Waals surface area contributed by atoms with Crippen LogP contribution in [0.5, 0.6) is 5.75 Å². The highest BCUT2D eigenvalue weighted by atomic mass is 16.5. The number of nitriles is 1. The minimum Gasteiger partial charge on any atom is -0.490 e. The molecule has 10 nitrogen and oxygen atoms in total. The van der Waals surface area contributed by atoms with Crippen LogP contribution in [0.1, 0.15) is 50.3 Å². The van der Waals surface area contributed by atoms with Crippen molar-refractivity contribution in [3.05, 3.63) is 53.1 Å². The zero-order valence-electron chi connectivity index (χ0n) is 21.8. The molecule has 10 heteroatoms. The maximum Gasteiger partial charge on any atom is 0.305 e. The fraction of sp³-hybridized carbons (Fsp3) is 0.393. The average molecular weight is 521 g/mol. The van der Waals surface area contributed by atoms with Crippen molar-refractivity contribution in [1.29, 1.82) is 5.26 Å². The number of nitrogens with zero attached hydrogens (tertiary/aromatic N) is 4. The van der Waals surface area contributed by atoms with E-state index in [0.717, 1.165) is 38.0 Å². The van der Waals surface area contributed by atoms with Crippen LogP contribution in [0.25, 0.3) is 22.8 Å². The van der Waals surface area contributed by atoms with Crippen LogP contribution in [-0.4, -0.2) is 58.4 Å². The molecule has 0 amide bonds. The van der Waals surface area contributed by atoms with E-state index in [2.05, 4.69) is 27.2 Å². The number of esters is 1. The van der Waals surface area contributed by atoms with Gasteiger partial charge in [0.05, 0.1) is 18.3 Å². The van der Waals surface area contributed by atoms with Crippen LogP contribution in [0.2, 0.25) is 0 Å². The molecule has 1 aliphatic heterocycles. The maximum absolute atomic E-state index is 11.6. The molecule has 0 atom stereocenters. The highest BCUT2D eigenvalue weighted by Gasteiger charge is 2.22. The molecular weight excluding hydrogens is 488 g/mol. The molecule has 3 aromatic rings. The summed E-state index contributed by atoms with van der Waals surface area (Å²) in [5, 5.41) is 20.6. The third kappa shape index (κ3) is 7.40. The van der Waals surface area contributed by atoms with Crippen molar-refractivity contribution in [3.63, 3.8) is 0 Å². The predicted molar refractivity (Wildman–Crippen MR) is 139 cm³/mol. The standard InChI is InChI=1S/C27H30N4O4.CH2O2/c1-4-33-25(32)9-6-13-31-14-12-22-20(17-31)7-5-8-23(22)26-29-27(35-30-26)19-10-11-24(34-18(2)3)21(15-19)16-28;2-1-3/h5,7-8,10-11,15,18H,4,6,9,12-14,17H2,1-3H3;1H,(H,2,3). The van der Waals surface area contributed by atoms with E-state index in [4.69, 9.17) is 23.9 Å². The maximum atomic E-state index is 11.6. The second-order valence-electron chi connectivity index (χ2n) is 8.90. The van der Waals surface area contributed by atoms with E-state index in [1.54, 1.807) is 12.1 Å². The Morgan fingerprint density at radius 2 is 2.11 bits per heavy atom. The molecule has 4 rings (SSSR count). The van der Waals surface area contributed by atoms with Crippen molar-refractivity contribution in [1.82, 2.24) is 15.0 Å². The topological polar surface area (TPSA) is 139 Å². The summed E-state index contributed by atoms with van der Waals surface area (Å²) in [4.78, 5) is 27.0. The molecule has 0 spiro atoms. The Hall–Kier alpha value is -4.23. The fourth-order valence-corrected chi connectivity index (χ4v) is 4.31. The normalized spacial score (nSPS) is 12.6. The first-order chi connectivity index (χ1) is 18.4. The number of carbonyl (C=O) groups is 2. The molecular formula is C28H32N4O6. The van der Waals surface area contributed by atoms with Crippen molar-refractivity contribution in [2.24, 2.45) is 0 Å². The highest BCUT2D eigenvalue weighted by molar-refractivity contribution is 5.69. The number of hydrogen-bond donors (Lipinski definition) is 1. The Morgan fingerprint density at radius 1 is 1.32 bits per heavy atom. The number of carbonyl (C=O) groups excluding carboxylic acids is 1. The average Bonchev–Trinajstić information content (AvgIpc) is 3.39. The van der Waals surface area contributed by atoms with Gasteiger partial charge >= 0.3 is 5.97 Å². The van der Waals surface area contributed by atoms with E-state index >= 15 is 0 Å². The van der Waals surface area contributed by atoms with Crippen LogP contribution in [0.3, 0.4) is 0 Å². The lowest BCUT2D eigenvalue weighted by Gasteiger charge is -2.29. The Balaban J connectivity index is 0.00000127. The summed E-state index contributed by atoms with van der Waals surface area (Å²) in [5.74, 6) is 1.30. The second kappa shape index (κ2) is 13.9. The SMILES string of the molecule is CCOC(=O)CCCN1CCc2c(cccc2-c2noc(-c3ccc(OC(C)C)c(C#N)c3)n2)C1.O=CO. The van der Waals surface area contributed by atoms with E-state index < -0.39 is 0 Å². The van der Waals surface area contributed by atoms with Crippen LogP contribution < -0.4 is 4.74 Å². The van der Waals surface area contributed by atoms with Gasteiger partial charge in [0.2, 0.25) is 5.82 Å². The van der Waals surface area contributed by atoms with Gasteiger partial charge in [-0.15, -0.1) is 0 Å². The summed E-state index contributed by atoms with van der Waals surface area (Å²) in [5.41, 5.74) is 4.52. The largest absolute Gasteiger partial charge is 0.490 e. The van der Waals surface area contributed by atoms with Crippen LogP contribution in [0.15, 0.2) is 40.9 Å². The van der Waals surface area contributed by atoms with Crippen molar-refractivity contribution in [2.45, 2.75) is 52.7 Å². The summed E-state index contributed by atoms with van der Waals surface area (Å²) in [6, 6.07) is 13.6. The molecule has 0 unspecified atom stereocenters. The molecule has 0 saturated carbocycles. The van der Waals surface area contributed by atoms with Gasteiger partial charge in [-0.05, 0) is 69.5 Å². The first-order valence-corrected chi connectivity index (χ1v) is 12.5. The Labute approximate surface area is 221 Å². The van der Waals surface area contributed by atoms with Crippen LogP contribution in [0, 0.1) is 11.3 Å². The molecule has 2 heterocycles. The third-order valence-electron chi connectivity index (χ3n) is 5.88. The lowest BCUT2D eigenvalue weighted by atomic mass is 9.94. The van der Waals surface area contributed by atoms with Gasteiger partial charge in [-0.1, -0.05) is 23.4 Å². The number of hydrogen-bond acceptors (Lipinski definition) is 9. The molecule has 0 radical (unpaired) electrons. The van der Waals surface area contributed by atoms with Crippen LogP contribution >= 0.6 is 0 Å². The molecule has 0 bridgehead atoms. The summed E-state index contributed by atoms with van der Waals surface area (Å²) in [6.45, 7) is 8.41. The van der Waals surface area contributed by atoms with Gasteiger partial charge in [0.25, 0.3) is 12.4 Å². The van der Waals surface area contributed by atoms with Crippen LogP contribution in [0.4, 0.5) is 0 Å². The van der Waals surface area contributed by atoms with Crippen molar-refractivity contribution >= 4 is 12.4 Å². The number of benzene rings is 2. The lowest BCUT2D eigenvalue weighted by molar-refractivity contribution is -0.143. The number of ether oxygens (including phenoxy) is 2. The molecule has 1 aliphatic rings. The molecule has 0 aliphatic carbocycles. The Kier molecular flexibility index (Phi) is 10.4. The van der Waals surface area contributed by atoms with Crippen molar-refractivity contribution < 1.29 is 28.7 Å². The van der Waals surface area contributed by atoms with E-state index in [9.17, 15) is 10.1 Å². The Bertz CT molecular complexity index is 1280. The van der Waals surface area contributed by atoms with E-state index in [-0.39, 0.29) is 18.5 Å². The smallest absolute Gasteiger partial charge is 0.305 e. The zero-order chi connectivity index (χ0) is 27.5. The molecule has 0 fully saturated rings. The van der Waals surface area contributed by atoms with Crippen LogP contribution in [-0.2, 0) is 27.3 Å². The predicted octanol–water partition coefficient (Wildman–Crippen LogP) is 4.46. The first-order valence-electron chi connectivity index (χ1n) is 12.5. The molecule has 200 valence electrons. The second-order valence-corrected chi connectivity index (χ2v) is 8.90. The summed E-state index contributed by atoms with van der Waals surface area (Å²) in [6.07, 6.45) is 2.07. The van der Waals surface area contributed by atoms with Gasteiger partial charge in [0, 0.05) is 30.6 Å². The molecule has 38 heavy (non-hydrogen) atoms. The minimum absolute atomic E-state index is 0.0271. The van der Waals surface area contributed by atoms with E-state index in [0.29, 0.717) is 41.6 Å². The number of rotatable bonds is 9. The number of carboxylic acid groups (broad SMARTS) is 1. The first kappa shape index (κ1) is 28.3. The lowest BCUT2D eigenvalue weighted by Crippen LogP contribution is -2.32. The van der Waals surface area contributed by atoms with E-state index in [1.807, 2.05) is 39.0 Å².